The Kier molecular flexibility index (Phi) is 3.31. The summed E-state index contributed by atoms with van der Waals surface area (Å²) in [7, 11) is 0. The summed E-state index contributed by atoms with van der Waals surface area (Å²) in [5, 5.41) is 0. The number of imidazole rings is 1. The molecule has 0 aromatic carbocycles. The van der Waals surface area contributed by atoms with E-state index in [0.717, 1.165) is 17.7 Å². The number of rotatable bonds is 4. The van der Waals surface area contributed by atoms with Crippen molar-refractivity contribution in [2.75, 3.05) is 6.54 Å². The number of hydrogen-bond acceptors (Lipinski definition) is 3. The number of pyridine rings is 1. The number of nitrogens with two attached hydrogens (primary N) is 1. The van der Waals surface area contributed by atoms with Crippen LogP contribution in [0.5, 0.6) is 0 Å². The van der Waals surface area contributed by atoms with Crippen LogP contribution in [0.3, 0.4) is 0 Å². The molecule has 0 bridgehead atoms. The van der Waals surface area contributed by atoms with Gasteiger partial charge in [-0.05, 0) is 32.0 Å². The van der Waals surface area contributed by atoms with Crippen molar-refractivity contribution < 1.29 is 0 Å². The molecular weight excluding hydrogens is 200 g/mol. The average molecular weight is 216 g/mol. The molecule has 1 unspecified atom stereocenters. The van der Waals surface area contributed by atoms with E-state index in [0.29, 0.717) is 12.6 Å². The third kappa shape index (κ3) is 2.28. The topological polar surface area (TPSA) is 56.7 Å². The fourth-order valence-corrected chi connectivity index (χ4v) is 1.63. The van der Waals surface area contributed by atoms with Gasteiger partial charge in [0.1, 0.15) is 0 Å². The van der Waals surface area contributed by atoms with Gasteiger partial charge >= 0.3 is 0 Å². The highest BCUT2D eigenvalue weighted by Gasteiger charge is 2.06. The van der Waals surface area contributed by atoms with E-state index in [-0.39, 0.29) is 0 Å². The quantitative estimate of drug-likeness (QED) is 0.848. The van der Waals surface area contributed by atoms with Crippen LogP contribution < -0.4 is 5.73 Å². The second-order valence-electron chi connectivity index (χ2n) is 3.87. The molecule has 16 heavy (non-hydrogen) atoms. The van der Waals surface area contributed by atoms with Crippen LogP contribution in [-0.2, 0) is 0 Å². The largest absolute Gasteiger partial charge is 0.334 e. The summed E-state index contributed by atoms with van der Waals surface area (Å²) in [6, 6.07) is 4.31. The van der Waals surface area contributed by atoms with Crippen LogP contribution in [-0.4, -0.2) is 21.1 Å². The van der Waals surface area contributed by atoms with E-state index in [9.17, 15) is 0 Å². The summed E-state index contributed by atoms with van der Waals surface area (Å²) < 4.78 is 2.09. The Balaban J connectivity index is 2.20. The van der Waals surface area contributed by atoms with Gasteiger partial charge in [-0.1, -0.05) is 0 Å². The van der Waals surface area contributed by atoms with Gasteiger partial charge in [-0.3, -0.25) is 4.98 Å². The lowest BCUT2D eigenvalue weighted by Crippen LogP contribution is -2.09. The molecule has 0 saturated carbocycles. The van der Waals surface area contributed by atoms with E-state index < -0.39 is 0 Å². The second-order valence-corrected chi connectivity index (χ2v) is 3.87. The maximum Gasteiger partial charge on any atom is 0.0956 e. The maximum atomic E-state index is 5.54. The molecule has 0 fully saturated rings. The van der Waals surface area contributed by atoms with Crippen LogP contribution in [0.2, 0.25) is 0 Å². The van der Waals surface area contributed by atoms with Crippen molar-refractivity contribution in [2.45, 2.75) is 19.4 Å². The van der Waals surface area contributed by atoms with E-state index in [1.807, 2.05) is 30.9 Å². The number of hydrogen-bond donors (Lipinski definition) is 1. The van der Waals surface area contributed by atoms with Crippen LogP contribution in [0.25, 0.3) is 11.3 Å². The molecule has 0 saturated heterocycles. The molecule has 0 amide bonds. The van der Waals surface area contributed by atoms with Crippen molar-refractivity contribution in [1.82, 2.24) is 14.5 Å². The zero-order chi connectivity index (χ0) is 11.4. The molecule has 84 valence electrons. The molecule has 4 nitrogen and oxygen atoms in total. The van der Waals surface area contributed by atoms with Gasteiger partial charge in [0.25, 0.3) is 0 Å². The second kappa shape index (κ2) is 4.90. The maximum absolute atomic E-state index is 5.54. The summed E-state index contributed by atoms with van der Waals surface area (Å²) in [5.41, 5.74) is 7.54. The Morgan fingerprint density at radius 3 is 3.06 bits per heavy atom. The molecule has 0 aliphatic carbocycles. The zero-order valence-corrected chi connectivity index (χ0v) is 9.37. The van der Waals surface area contributed by atoms with Crippen LogP contribution in [0.1, 0.15) is 19.4 Å². The third-order valence-corrected chi connectivity index (χ3v) is 2.65. The summed E-state index contributed by atoms with van der Waals surface area (Å²) in [6.45, 7) is 2.84. The molecular formula is C12H16N4. The molecule has 1 atom stereocenters. The molecule has 0 aliphatic rings. The van der Waals surface area contributed by atoms with Crippen molar-refractivity contribution in [1.29, 1.82) is 0 Å². The first-order valence-electron chi connectivity index (χ1n) is 5.45. The summed E-state index contributed by atoms with van der Waals surface area (Å²) >= 11 is 0. The monoisotopic (exact) mass is 216 g/mol. The van der Waals surface area contributed by atoms with Crippen molar-refractivity contribution in [2.24, 2.45) is 5.73 Å². The van der Waals surface area contributed by atoms with E-state index in [2.05, 4.69) is 21.5 Å². The van der Waals surface area contributed by atoms with E-state index in [1.165, 1.54) is 0 Å². The van der Waals surface area contributed by atoms with E-state index in [4.69, 9.17) is 5.73 Å². The molecule has 4 heteroatoms. The molecule has 2 rings (SSSR count). The highest BCUT2D eigenvalue weighted by Crippen LogP contribution is 2.18. The third-order valence-electron chi connectivity index (χ3n) is 2.65. The van der Waals surface area contributed by atoms with Crippen molar-refractivity contribution >= 4 is 0 Å². The van der Waals surface area contributed by atoms with Gasteiger partial charge < -0.3 is 10.3 Å². The highest BCUT2D eigenvalue weighted by molar-refractivity contribution is 5.56. The molecule has 2 heterocycles. The van der Waals surface area contributed by atoms with Crippen molar-refractivity contribution in [3.8, 4) is 11.3 Å². The van der Waals surface area contributed by atoms with Gasteiger partial charge in [0.15, 0.2) is 0 Å². The smallest absolute Gasteiger partial charge is 0.0956 e. The van der Waals surface area contributed by atoms with Crippen LogP contribution in [0.4, 0.5) is 0 Å². The van der Waals surface area contributed by atoms with Crippen LogP contribution >= 0.6 is 0 Å². The fourth-order valence-electron chi connectivity index (χ4n) is 1.63. The lowest BCUT2D eigenvalue weighted by atomic mass is 10.2. The first-order valence-corrected chi connectivity index (χ1v) is 5.45. The summed E-state index contributed by atoms with van der Waals surface area (Å²) in [6.07, 6.45) is 8.43. The molecule has 2 aromatic heterocycles. The van der Waals surface area contributed by atoms with Crippen molar-refractivity contribution in [3.05, 3.63) is 37.1 Å². The first kappa shape index (κ1) is 10.8. The van der Waals surface area contributed by atoms with Gasteiger partial charge in [-0.15, -0.1) is 0 Å². The zero-order valence-electron chi connectivity index (χ0n) is 9.37. The minimum Gasteiger partial charge on any atom is -0.334 e. The highest BCUT2D eigenvalue weighted by atomic mass is 15.1. The SMILES string of the molecule is CC(CCN)n1cnc(-c2cccnc2)c1. The summed E-state index contributed by atoms with van der Waals surface area (Å²) in [5.74, 6) is 0. The van der Waals surface area contributed by atoms with E-state index in [1.54, 1.807) is 6.20 Å². The van der Waals surface area contributed by atoms with E-state index >= 15 is 0 Å². The molecule has 0 spiro atoms. The number of aromatic nitrogens is 3. The van der Waals surface area contributed by atoms with Gasteiger partial charge in [0.05, 0.1) is 12.0 Å². The predicted molar refractivity (Wildman–Crippen MR) is 63.8 cm³/mol. The van der Waals surface area contributed by atoms with Crippen LogP contribution in [0, 0.1) is 0 Å². The Bertz CT molecular complexity index is 435. The molecule has 2 aromatic rings. The lowest BCUT2D eigenvalue weighted by Gasteiger charge is -2.10. The van der Waals surface area contributed by atoms with Gasteiger partial charge in [0, 0.05) is 30.2 Å². The Labute approximate surface area is 95.1 Å². The standard InChI is InChI=1S/C12H16N4/c1-10(4-5-13)16-8-12(15-9-16)11-3-2-6-14-7-11/h2-3,6-10H,4-5,13H2,1H3. The minimum atomic E-state index is 0.392. The molecule has 0 radical (unpaired) electrons. The Morgan fingerprint density at radius 2 is 2.38 bits per heavy atom. The van der Waals surface area contributed by atoms with Gasteiger partial charge in [-0.2, -0.15) is 0 Å². The Morgan fingerprint density at radius 1 is 1.50 bits per heavy atom. The van der Waals surface area contributed by atoms with Gasteiger partial charge in [0.2, 0.25) is 0 Å². The van der Waals surface area contributed by atoms with Gasteiger partial charge in [-0.25, -0.2) is 4.98 Å². The number of nitrogens with zero attached hydrogens (tertiary/aromatic N) is 3. The van der Waals surface area contributed by atoms with Crippen molar-refractivity contribution in [3.63, 3.8) is 0 Å². The average Bonchev–Trinajstić information content (AvgIpc) is 2.80. The predicted octanol–water partition coefficient (Wildman–Crippen LogP) is 1.85. The molecule has 2 N–H and O–H groups in total. The minimum absolute atomic E-state index is 0.392. The normalized spacial score (nSPS) is 12.6. The molecule has 0 aliphatic heterocycles. The Hall–Kier alpha value is -1.68. The first-order chi connectivity index (χ1) is 7.81. The lowest BCUT2D eigenvalue weighted by molar-refractivity contribution is 0.513. The fraction of sp³-hybridized carbons (Fsp3) is 0.333. The summed E-state index contributed by atoms with van der Waals surface area (Å²) in [4.78, 5) is 8.45. The van der Waals surface area contributed by atoms with Crippen LogP contribution in [0.15, 0.2) is 37.1 Å².